The maximum absolute atomic E-state index is 11.2. The van der Waals surface area contributed by atoms with Crippen LogP contribution in [0.4, 0.5) is 0 Å². The number of aliphatic hydroxyl groups excluding tert-OH is 1. The van der Waals surface area contributed by atoms with E-state index in [9.17, 15) is 4.79 Å². The molecule has 0 radical (unpaired) electrons. The standard InChI is InChI=1S/C10H20O3/c1-3-5-6-7-13-10(12)9(4-2)8-11/h9,11H,3-8H2,1-2H3. The molecule has 0 aromatic carbocycles. The van der Waals surface area contributed by atoms with Crippen molar-refractivity contribution in [2.45, 2.75) is 39.5 Å². The average molecular weight is 188 g/mol. The van der Waals surface area contributed by atoms with Crippen LogP contribution in [0, 0.1) is 5.92 Å². The summed E-state index contributed by atoms with van der Waals surface area (Å²) in [4.78, 5) is 11.2. The van der Waals surface area contributed by atoms with Gasteiger partial charge in [0.25, 0.3) is 0 Å². The summed E-state index contributed by atoms with van der Waals surface area (Å²) in [7, 11) is 0. The maximum Gasteiger partial charge on any atom is 0.311 e. The number of carbonyl (C=O) groups is 1. The number of esters is 1. The molecule has 0 bridgehead atoms. The van der Waals surface area contributed by atoms with Crippen LogP contribution in [0.1, 0.15) is 39.5 Å². The zero-order valence-corrected chi connectivity index (χ0v) is 8.58. The molecule has 0 aliphatic heterocycles. The number of unbranched alkanes of at least 4 members (excludes halogenated alkanes) is 2. The van der Waals surface area contributed by atoms with Gasteiger partial charge in [-0.15, -0.1) is 0 Å². The molecule has 0 aromatic heterocycles. The van der Waals surface area contributed by atoms with Crippen molar-refractivity contribution in [1.82, 2.24) is 0 Å². The van der Waals surface area contributed by atoms with Crippen LogP contribution in [0.15, 0.2) is 0 Å². The Morgan fingerprint density at radius 3 is 2.54 bits per heavy atom. The highest BCUT2D eigenvalue weighted by Gasteiger charge is 2.15. The fourth-order valence-corrected chi connectivity index (χ4v) is 1.01. The largest absolute Gasteiger partial charge is 0.465 e. The Kier molecular flexibility index (Phi) is 7.69. The van der Waals surface area contributed by atoms with Crippen molar-refractivity contribution in [3.05, 3.63) is 0 Å². The number of hydrogen-bond acceptors (Lipinski definition) is 3. The topological polar surface area (TPSA) is 46.5 Å². The van der Waals surface area contributed by atoms with Crippen molar-refractivity contribution in [3.8, 4) is 0 Å². The van der Waals surface area contributed by atoms with Crippen LogP contribution in [0.25, 0.3) is 0 Å². The van der Waals surface area contributed by atoms with Crippen LogP contribution in [-0.4, -0.2) is 24.3 Å². The molecule has 0 aliphatic carbocycles. The van der Waals surface area contributed by atoms with Crippen LogP contribution in [0.3, 0.4) is 0 Å². The lowest BCUT2D eigenvalue weighted by Gasteiger charge is -2.10. The second kappa shape index (κ2) is 8.05. The molecule has 0 spiro atoms. The highest BCUT2D eigenvalue weighted by molar-refractivity contribution is 5.72. The second-order valence-electron chi connectivity index (χ2n) is 3.16. The molecule has 1 atom stereocenters. The SMILES string of the molecule is CCCCCOC(=O)C(CC)CO. The monoisotopic (exact) mass is 188 g/mol. The number of rotatable bonds is 7. The van der Waals surface area contributed by atoms with E-state index in [1.165, 1.54) is 0 Å². The minimum atomic E-state index is -0.332. The van der Waals surface area contributed by atoms with Crippen LogP contribution in [-0.2, 0) is 9.53 Å². The Morgan fingerprint density at radius 1 is 1.38 bits per heavy atom. The van der Waals surface area contributed by atoms with Gasteiger partial charge in [0.05, 0.1) is 19.1 Å². The number of aliphatic hydroxyl groups is 1. The fourth-order valence-electron chi connectivity index (χ4n) is 1.01. The Bertz CT molecular complexity index is 130. The van der Waals surface area contributed by atoms with Gasteiger partial charge in [-0.25, -0.2) is 0 Å². The third kappa shape index (κ3) is 5.64. The molecule has 0 rings (SSSR count). The molecule has 13 heavy (non-hydrogen) atoms. The summed E-state index contributed by atoms with van der Waals surface area (Å²) >= 11 is 0. The zero-order chi connectivity index (χ0) is 10.1. The normalized spacial score (nSPS) is 12.5. The first-order chi connectivity index (χ1) is 6.26. The van der Waals surface area contributed by atoms with E-state index in [1.807, 2.05) is 6.92 Å². The summed E-state index contributed by atoms with van der Waals surface area (Å²) in [5.41, 5.74) is 0. The van der Waals surface area contributed by atoms with Gasteiger partial charge in [0, 0.05) is 0 Å². The first kappa shape index (κ1) is 12.4. The molecule has 0 saturated carbocycles. The van der Waals surface area contributed by atoms with E-state index < -0.39 is 0 Å². The van der Waals surface area contributed by atoms with E-state index in [0.29, 0.717) is 13.0 Å². The van der Waals surface area contributed by atoms with Gasteiger partial charge in [-0.3, -0.25) is 4.79 Å². The average Bonchev–Trinajstić information content (AvgIpc) is 2.14. The first-order valence-corrected chi connectivity index (χ1v) is 5.03. The van der Waals surface area contributed by atoms with E-state index in [4.69, 9.17) is 9.84 Å². The number of carbonyl (C=O) groups excluding carboxylic acids is 1. The predicted octanol–water partition coefficient (Wildman–Crippen LogP) is 1.74. The van der Waals surface area contributed by atoms with E-state index in [0.717, 1.165) is 19.3 Å². The summed E-state index contributed by atoms with van der Waals surface area (Å²) in [6.45, 7) is 4.35. The molecule has 0 amide bonds. The zero-order valence-electron chi connectivity index (χ0n) is 8.58. The minimum Gasteiger partial charge on any atom is -0.465 e. The van der Waals surface area contributed by atoms with Gasteiger partial charge in [0.1, 0.15) is 0 Å². The van der Waals surface area contributed by atoms with Crippen molar-refractivity contribution < 1.29 is 14.6 Å². The maximum atomic E-state index is 11.2. The smallest absolute Gasteiger partial charge is 0.311 e. The Balaban J connectivity index is 3.48. The molecule has 0 aromatic rings. The number of hydrogen-bond donors (Lipinski definition) is 1. The van der Waals surface area contributed by atoms with Crippen molar-refractivity contribution >= 4 is 5.97 Å². The van der Waals surface area contributed by atoms with E-state index in [1.54, 1.807) is 0 Å². The number of ether oxygens (including phenoxy) is 1. The lowest BCUT2D eigenvalue weighted by molar-refractivity contribution is -0.150. The highest BCUT2D eigenvalue weighted by Crippen LogP contribution is 2.04. The molecule has 0 heterocycles. The molecule has 78 valence electrons. The van der Waals surface area contributed by atoms with Crippen LogP contribution >= 0.6 is 0 Å². The van der Waals surface area contributed by atoms with Crippen molar-refractivity contribution in [1.29, 1.82) is 0 Å². The minimum absolute atomic E-state index is 0.108. The molecule has 1 unspecified atom stereocenters. The highest BCUT2D eigenvalue weighted by atomic mass is 16.5. The third-order valence-corrected chi connectivity index (χ3v) is 2.04. The van der Waals surface area contributed by atoms with Gasteiger partial charge in [-0.1, -0.05) is 26.7 Å². The van der Waals surface area contributed by atoms with Gasteiger partial charge >= 0.3 is 5.97 Å². The second-order valence-corrected chi connectivity index (χ2v) is 3.16. The van der Waals surface area contributed by atoms with E-state index >= 15 is 0 Å². The molecular formula is C10H20O3. The lowest BCUT2D eigenvalue weighted by Crippen LogP contribution is -2.20. The van der Waals surface area contributed by atoms with Gasteiger partial charge in [0.15, 0.2) is 0 Å². The summed E-state index contributed by atoms with van der Waals surface area (Å²) < 4.78 is 4.99. The molecular weight excluding hydrogens is 168 g/mol. The Hall–Kier alpha value is -0.570. The summed E-state index contributed by atoms with van der Waals surface area (Å²) in [6, 6.07) is 0. The molecule has 0 aliphatic rings. The van der Waals surface area contributed by atoms with Gasteiger partial charge in [-0.2, -0.15) is 0 Å². The van der Waals surface area contributed by atoms with Crippen LogP contribution in [0.2, 0.25) is 0 Å². The lowest BCUT2D eigenvalue weighted by atomic mass is 10.1. The van der Waals surface area contributed by atoms with Crippen LogP contribution < -0.4 is 0 Å². The Labute approximate surface area is 80.1 Å². The molecule has 0 saturated heterocycles. The molecule has 0 fully saturated rings. The summed E-state index contributed by atoms with van der Waals surface area (Å²) in [5.74, 6) is -0.595. The molecule has 1 N–H and O–H groups in total. The molecule has 3 heteroatoms. The quantitative estimate of drug-likeness (QED) is 0.489. The first-order valence-electron chi connectivity index (χ1n) is 5.03. The molecule has 3 nitrogen and oxygen atoms in total. The predicted molar refractivity (Wildman–Crippen MR) is 51.4 cm³/mol. The van der Waals surface area contributed by atoms with E-state index in [-0.39, 0.29) is 18.5 Å². The Morgan fingerprint density at radius 2 is 2.08 bits per heavy atom. The van der Waals surface area contributed by atoms with Gasteiger partial charge in [0.2, 0.25) is 0 Å². The van der Waals surface area contributed by atoms with Crippen molar-refractivity contribution in [3.63, 3.8) is 0 Å². The fraction of sp³-hybridized carbons (Fsp3) is 0.900. The van der Waals surface area contributed by atoms with Crippen LogP contribution in [0.5, 0.6) is 0 Å². The van der Waals surface area contributed by atoms with Gasteiger partial charge < -0.3 is 9.84 Å². The van der Waals surface area contributed by atoms with Gasteiger partial charge in [-0.05, 0) is 12.8 Å². The summed E-state index contributed by atoms with van der Waals surface area (Å²) in [6.07, 6.45) is 3.77. The summed E-state index contributed by atoms with van der Waals surface area (Å²) in [5, 5.41) is 8.80. The van der Waals surface area contributed by atoms with Crippen molar-refractivity contribution in [2.75, 3.05) is 13.2 Å². The van der Waals surface area contributed by atoms with E-state index in [2.05, 4.69) is 6.92 Å². The third-order valence-electron chi connectivity index (χ3n) is 2.04. The van der Waals surface area contributed by atoms with Crippen molar-refractivity contribution in [2.24, 2.45) is 5.92 Å².